The van der Waals surface area contributed by atoms with Crippen LogP contribution < -0.4 is 10.4 Å². The Morgan fingerprint density at radius 2 is 1.17 bits per heavy atom. The molecular weight excluding hydrogens is 754 g/mol. The van der Waals surface area contributed by atoms with Crippen molar-refractivity contribution in [1.82, 2.24) is 39.8 Å². The Morgan fingerprint density at radius 3 is 1.62 bits per heavy atom. The fraction of sp³-hybridized carbons (Fsp3) is 0.548. The second-order valence-electron chi connectivity index (χ2n) is 11.3. The number of carbonyl (C=O) groups is 4. The van der Waals surface area contributed by atoms with Crippen molar-refractivity contribution < 1.29 is 74.4 Å². The first-order chi connectivity index (χ1) is 22.2. The molecule has 0 unspecified atom stereocenters. The maximum atomic E-state index is 13.1. The molecule has 0 saturated carbocycles. The molecule has 15 nitrogen and oxygen atoms in total. The van der Waals surface area contributed by atoms with E-state index in [1.807, 2.05) is 41.3 Å². The normalized spacial score (nSPS) is 16.0. The Hall–Kier alpha value is -2.70. The van der Waals surface area contributed by atoms with Crippen LogP contribution in [0.25, 0.3) is 0 Å². The van der Waals surface area contributed by atoms with E-state index in [1.165, 1.54) is 0 Å². The van der Waals surface area contributed by atoms with Crippen molar-refractivity contribution in [3.05, 3.63) is 60.2 Å². The number of amides is 1. The molecule has 257 valence electrons. The van der Waals surface area contributed by atoms with E-state index in [9.17, 15) is 34.5 Å². The van der Waals surface area contributed by atoms with Gasteiger partial charge in [-0.2, -0.15) is 0 Å². The summed E-state index contributed by atoms with van der Waals surface area (Å²) in [6.07, 6.45) is 4.27. The number of carboxylic acids is 3. The number of carboxylic acid groups (broad SMARTS) is 3. The number of rotatable bonds is 16. The van der Waals surface area contributed by atoms with Crippen LogP contribution >= 0.6 is 0 Å². The summed E-state index contributed by atoms with van der Waals surface area (Å²) in [4.78, 5) is 65.4. The van der Waals surface area contributed by atoms with Crippen LogP contribution in [0.1, 0.15) is 11.4 Å². The minimum absolute atomic E-state index is 0. The molecule has 16 heteroatoms. The molecule has 1 fully saturated rings. The van der Waals surface area contributed by atoms with Crippen molar-refractivity contribution in [2.75, 3.05) is 98.2 Å². The zero-order valence-electron chi connectivity index (χ0n) is 26.6. The van der Waals surface area contributed by atoms with Gasteiger partial charge in [0.2, 0.25) is 5.91 Å². The number of nitrogens with zero attached hydrogens (tertiary/aromatic N) is 7. The van der Waals surface area contributed by atoms with Crippen LogP contribution in [0.15, 0.2) is 48.8 Å². The van der Waals surface area contributed by atoms with Crippen molar-refractivity contribution in [1.29, 1.82) is 0 Å². The quantitative estimate of drug-likeness (QED) is 0.166. The van der Waals surface area contributed by atoms with Crippen LogP contribution in [0.4, 0.5) is 0 Å². The van der Waals surface area contributed by atoms with Crippen LogP contribution in [0, 0.1) is 39.9 Å². The van der Waals surface area contributed by atoms with Crippen LogP contribution in [-0.4, -0.2) is 167 Å². The molecule has 1 aliphatic rings. The third-order valence-corrected chi connectivity index (χ3v) is 7.64. The molecule has 1 aliphatic heterocycles. The van der Waals surface area contributed by atoms with Crippen LogP contribution in [0.5, 0.6) is 0 Å². The average Bonchev–Trinajstić information content (AvgIpc) is 3.01. The molecule has 1 amide bonds. The standard InChI is InChI=1S/C31H46N8O7.Gd/c40-28(34-10-12-35(21-27-6-2-4-9-33-27)11-7-26-5-1-3-8-32-26)22-36-13-15-37(23-29(41)42)17-19-39(25-31(45)46)20-18-38(16-14-36)24-30(43)44;/h1-6,8-9H,7,10-25H2,(H,34,40)(H,41,42)(H,43,44)(H,45,46);/q;+3/p-1. The van der Waals surface area contributed by atoms with Gasteiger partial charge >= 0.3 is 51.9 Å². The van der Waals surface area contributed by atoms with Crippen molar-refractivity contribution in [2.24, 2.45) is 0 Å². The fourth-order valence-corrected chi connectivity index (χ4v) is 5.20. The summed E-state index contributed by atoms with van der Waals surface area (Å²) in [6, 6.07) is 11.6. The van der Waals surface area contributed by atoms with Gasteiger partial charge in [0.25, 0.3) is 0 Å². The number of carbonyl (C=O) groups excluding carboxylic acids is 2. The number of hydrogen-bond donors (Lipinski definition) is 3. The third-order valence-electron chi connectivity index (χ3n) is 7.64. The van der Waals surface area contributed by atoms with Crippen molar-refractivity contribution in [2.45, 2.75) is 13.0 Å². The summed E-state index contributed by atoms with van der Waals surface area (Å²) in [5, 5.41) is 33.1. The molecule has 3 heterocycles. The summed E-state index contributed by atoms with van der Waals surface area (Å²) < 4.78 is 0. The van der Waals surface area contributed by atoms with E-state index in [-0.39, 0.29) is 85.1 Å². The third kappa shape index (κ3) is 17.9. The van der Waals surface area contributed by atoms with E-state index < -0.39 is 17.9 Å². The van der Waals surface area contributed by atoms with Crippen molar-refractivity contribution in [3.63, 3.8) is 0 Å². The molecule has 3 N–H and O–H groups in total. The average molecular weight is 799 g/mol. The van der Waals surface area contributed by atoms with E-state index >= 15 is 0 Å². The maximum Gasteiger partial charge on any atom is 3.00 e. The van der Waals surface area contributed by atoms with Gasteiger partial charge in [0, 0.05) is 110 Å². The van der Waals surface area contributed by atoms with E-state index in [0.717, 1.165) is 24.4 Å². The maximum absolute atomic E-state index is 13.1. The van der Waals surface area contributed by atoms with Crippen molar-refractivity contribution >= 4 is 23.8 Å². The molecule has 2 aromatic heterocycles. The number of aromatic nitrogens is 2. The number of hydrogen-bond acceptors (Lipinski definition) is 12. The number of aliphatic carboxylic acids is 3. The first-order valence-electron chi connectivity index (χ1n) is 15.5. The predicted molar refractivity (Wildman–Crippen MR) is 167 cm³/mol. The second-order valence-corrected chi connectivity index (χ2v) is 11.3. The smallest absolute Gasteiger partial charge is 0.549 e. The topological polar surface area (TPSA) is 186 Å². The van der Waals surface area contributed by atoms with Crippen molar-refractivity contribution in [3.8, 4) is 0 Å². The SMILES string of the molecule is O=C([O-])CN1CCN(CC(=O)O)CCN(CC(=O)O)CCN(CC(=O)NCCN(CCc2ccccn2)Cc2ccccn2)CC1.[Gd+3]. The zero-order chi connectivity index (χ0) is 33.1. The Morgan fingerprint density at radius 1 is 0.702 bits per heavy atom. The molecule has 0 aromatic carbocycles. The molecule has 3 rings (SSSR count). The molecule has 47 heavy (non-hydrogen) atoms. The fourth-order valence-electron chi connectivity index (χ4n) is 5.20. The molecule has 0 bridgehead atoms. The summed E-state index contributed by atoms with van der Waals surface area (Å²) >= 11 is 0. The minimum atomic E-state index is -1.24. The largest absolute Gasteiger partial charge is 3.00 e. The first-order valence-corrected chi connectivity index (χ1v) is 15.5. The minimum Gasteiger partial charge on any atom is -0.549 e. The number of nitrogens with one attached hydrogen (secondary N) is 1. The Bertz CT molecular complexity index is 1200. The summed E-state index contributed by atoms with van der Waals surface area (Å²) in [6.45, 7) is 4.18. The molecule has 0 aliphatic carbocycles. The summed E-state index contributed by atoms with van der Waals surface area (Å²) in [5.74, 6) is -3.46. The summed E-state index contributed by atoms with van der Waals surface area (Å²) in [5.41, 5.74) is 1.90. The predicted octanol–water partition coefficient (Wildman–Crippen LogP) is -2.22. The van der Waals surface area contributed by atoms with E-state index in [0.29, 0.717) is 58.9 Å². The van der Waals surface area contributed by atoms with Gasteiger partial charge in [-0.1, -0.05) is 12.1 Å². The molecule has 0 spiro atoms. The Balaban J connectivity index is 0.00000768. The van der Waals surface area contributed by atoms with Gasteiger partial charge in [-0.15, -0.1) is 0 Å². The number of pyridine rings is 2. The van der Waals surface area contributed by atoms with Gasteiger partial charge in [0.1, 0.15) is 0 Å². The molecule has 1 radical (unpaired) electrons. The van der Waals surface area contributed by atoms with Gasteiger partial charge in [0.05, 0.1) is 31.3 Å². The monoisotopic (exact) mass is 799 g/mol. The van der Waals surface area contributed by atoms with Gasteiger partial charge < -0.3 is 25.4 Å². The van der Waals surface area contributed by atoms with E-state index in [1.54, 1.807) is 27.1 Å². The second kappa shape index (κ2) is 22.8. The molecular formula is C31H45GdN8O7+2. The van der Waals surface area contributed by atoms with E-state index in [2.05, 4.69) is 20.2 Å². The first kappa shape index (κ1) is 40.5. The molecule has 1 saturated heterocycles. The van der Waals surface area contributed by atoms with Crippen LogP contribution in [0.2, 0.25) is 0 Å². The van der Waals surface area contributed by atoms with Gasteiger partial charge in [0.15, 0.2) is 0 Å². The van der Waals surface area contributed by atoms with Gasteiger partial charge in [-0.25, -0.2) is 0 Å². The van der Waals surface area contributed by atoms with E-state index in [4.69, 9.17) is 0 Å². The zero-order valence-corrected chi connectivity index (χ0v) is 28.8. The Kier molecular flexibility index (Phi) is 19.6. The van der Waals surface area contributed by atoms with Gasteiger partial charge in [-0.05, 0) is 24.3 Å². The summed E-state index contributed by atoms with van der Waals surface area (Å²) in [7, 11) is 0. The van der Waals surface area contributed by atoms with Crippen LogP contribution in [-0.2, 0) is 32.1 Å². The van der Waals surface area contributed by atoms with Crippen LogP contribution in [0.3, 0.4) is 0 Å². The Labute approximate surface area is 307 Å². The molecule has 2 aromatic rings. The molecule has 0 atom stereocenters. The van der Waals surface area contributed by atoms with Gasteiger partial charge in [-0.3, -0.25) is 48.9 Å².